The van der Waals surface area contributed by atoms with Gasteiger partial charge in [0.2, 0.25) is 0 Å². The predicted molar refractivity (Wildman–Crippen MR) is 92.4 cm³/mol. The summed E-state index contributed by atoms with van der Waals surface area (Å²) in [5, 5.41) is 8.87. The Kier molecular flexibility index (Phi) is 11.3. The van der Waals surface area contributed by atoms with Crippen LogP contribution >= 0.6 is 0 Å². The van der Waals surface area contributed by atoms with Crippen LogP contribution in [0.2, 0.25) is 0 Å². The fourth-order valence-electron chi connectivity index (χ4n) is 2.86. The standard InChI is InChI=1S/C20H33N2/c1-2-3-4-5-6-7-8-9-10-11-12-13-16-22-17-14-15-20(18-21)19-22/h14-15,17,19H,2-13,16H2,1H3/q+1. The Morgan fingerprint density at radius 2 is 1.41 bits per heavy atom. The second kappa shape index (κ2) is 13.3. The molecule has 2 nitrogen and oxygen atoms in total. The predicted octanol–water partition coefficient (Wildman–Crippen LogP) is 5.55. The van der Waals surface area contributed by atoms with Crippen LogP contribution in [-0.4, -0.2) is 0 Å². The lowest BCUT2D eigenvalue weighted by Crippen LogP contribution is -2.32. The number of rotatable bonds is 13. The molecule has 0 saturated heterocycles. The molecular formula is C20H33N2+. The minimum Gasteiger partial charge on any atom is -0.204 e. The third-order valence-corrected chi connectivity index (χ3v) is 4.26. The highest BCUT2D eigenvalue weighted by atomic mass is 14.9. The smallest absolute Gasteiger partial charge is 0.186 e. The molecule has 0 aliphatic carbocycles. The molecule has 0 atom stereocenters. The lowest BCUT2D eigenvalue weighted by molar-refractivity contribution is -0.697. The summed E-state index contributed by atoms with van der Waals surface area (Å²) >= 11 is 0. The molecule has 1 aromatic rings. The van der Waals surface area contributed by atoms with Gasteiger partial charge in [0.25, 0.3) is 0 Å². The SMILES string of the molecule is CCCCCCCCCCCCCC[n+]1cccc(C#N)c1. The summed E-state index contributed by atoms with van der Waals surface area (Å²) in [5.74, 6) is 0. The van der Waals surface area contributed by atoms with E-state index in [4.69, 9.17) is 5.26 Å². The van der Waals surface area contributed by atoms with E-state index in [1.165, 1.54) is 77.0 Å². The summed E-state index contributed by atoms with van der Waals surface area (Å²) in [6, 6.07) is 6.01. The quantitative estimate of drug-likeness (QED) is 0.347. The summed E-state index contributed by atoms with van der Waals surface area (Å²) in [6.07, 6.45) is 20.6. The molecule has 0 N–H and O–H groups in total. The third kappa shape index (κ3) is 9.55. The fourth-order valence-corrected chi connectivity index (χ4v) is 2.86. The Labute approximate surface area is 137 Å². The average molecular weight is 301 g/mol. The Morgan fingerprint density at radius 3 is 1.95 bits per heavy atom. The molecule has 0 unspecified atom stereocenters. The molecule has 0 bridgehead atoms. The van der Waals surface area contributed by atoms with Crippen LogP contribution in [0.4, 0.5) is 0 Å². The molecule has 0 amide bonds. The Morgan fingerprint density at radius 1 is 0.864 bits per heavy atom. The summed E-state index contributed by atoms with van der Waals surface area (Å²) in [4.78, 5) is 0. The molecule has 1 aromatic heterocycles. The van der Waals surface area contributed by atoms with Gasteiger partial charge in [-0.15, -0.1) is 0 Å². The minimum absolute atomic E-state index is 0.751. The van der Waals surface area contributed by atoms with Crippen molar-refractivity contribution in [2.75, 3.05) is 0 Å². The molecule has 122 valence electrons. The third-order valence-electron chi connectivity index (χ3n) is 4.26. The van der Waals surface area contributed by atoms with Gasteiger partial charge in [-0.25, -0.2) is 4.57 Å². The molecule has 2 heteroatoms. The van der Waals surface area contributed by atoms with Crippen LogP contribution in [-0.2, 0) is 6.54 Å². The Balaban J connectivity index is 1.88. The number of aryl methyl sites for hydroxylation is 1. The summed E-state index contributed by atoms with van der Waals surface area (Å²) < 4.78 is 2.13. The van der Waals surface area contributed by atoms with Gasteiger partial charge < -0.3 is 0 Å². The van der Waals surface area contributed by atoms with Crippen LogP contribution < -0.4 is 4.57 Å². The minimum atomic E-state index is 0.751. The molecule has 0 fully saturated rings. The first-order valence-corrected chi connectivity index (χ1v) is 9.26. The lowest BCUT2D eigenvalue weighted by atomic mass is 10.1. The maximum absolute atomic E-state index is 8.87. The van der Waals surface area contributed by atoms with Crippen LogP contribution in [0.15, 0.2) is 24.5 Å². The van der Waals surface area contributed by atoms with Crippen molar-refractivity contribution in [1.82, 2.24) is 0 Å². The first-order valence-electron chi connectivity index (χ1n) is 9.26. The Hall–Kier alpha value is -1.36. The zero-order valence-corrected chi connectivity index (χ0v) is 14.4. The highest BCUT2D eigenvalue weighted by Crippen LogP contribution is 2.11. The van der Waals surface area contributed by atoms with Crippen molar-refractivity contribution in [2.45, 2.75) is 90.5 Å². The molecular weight excluding hydrogens is 268 g/mol. The number of hydrogen-bond donors (Lipinski definition) is 0. The molecule has 1 rings (SSSR count). The van der Waals surface area contributed by atoms with Crippen LogP contribution in [0.25, 0.3) is 0 Å². The van der Waals surface area contributed by atoms with Crippen molar-refractivity contribution in [3.63, 3.8) is 0 Å². The van der Waals surface area contributed by atoms with Gasteiger partial charge in [-0.3, -0.25) is 0 Å². The average Bonchev–Trinajstić information content (AvgIpc) is 2.56. The number of aromatic nitrogens is 1. The molecule has 0 radical (unpaired) electrons. The molecule has 0 spiro atoms. The van der Waals surface area contributed by atoms with E-state index in [1.54, 1.807) is 0 Å². The van der Waals surface area contributed by atoms with Gasteiger partial charge in [0, 0.05) is 12.5 Å². The van der Waals surface area contributed by atoms with E-state index in [0.717, 1.165) is 12.1 Å². The van der Waals surface area contributed by atoms with E-state index in [1.807, 2.05) is 18.3 Å². The van der Waals surface area contributed by atoms with Crippen molar-refractivity contribution in [3.05, 3.63) is 30.1 Å². The maximum Gasteiger partial charge on any atom is 0.186 e. The van der Waals surface area contributed by atoms with Crippen molar-refractivity contribution in [3.8, 4) is 6.07 Å². The largest absolute Gasteiger partial charge is 0.204 e. The fraction of sp³-hybridized carbons (Fsp3) is 0.700. The van der Waals surface area contributed by atoms with Gasteiger partial charge >= 0.3 is 0 Å². The second-order valence-electron chi connectivity index (χ2n) is 6.33. The normalized spacial score (nSPS) is 10.5. The highest BCUT2D eigenvalue weighted by molar-refractivity contribution is 5.21. The van der Waals surface area contributed by atoms with E-state index in [9.17, 15) is 0 Å². The van der Waals surface area contributed by atoms with Gasteiger partial charge in [0.05, 0.1) is 0 Å². The van der Waals surface area contributed by atoms with Crippen LogP contribution in [0.1, 0.15) is 89.5 Å². The first-order chi connectivity index (χ1) is 10.9. The first kappa shape index (κ1) is 18.7. The lowest BCUT2D eigenvalue weighted by Gasteiger charge is -2.02. The van der Waals surface area contributed by atoms with E-state index >= 15 is 0 Å². The number of hydrogen-bond acceptors (Lipinski definition) is 1. The molecule has 1 heterocycles. The van der Waals surface area contributed by atoms with Gasteiger partial charge in [-0.1, -0.05) is 71.1 Å². The van der Waals surface area contributed by atoms with Crippen LogP contribution in [0, 0.1) is 11.3 Å². The van der Waals surface area contributed by atoms with Crippen molar-refractivity contribution >= 4 is 0 Å². The summed E-state index contributed by atoms with van der Waals surface area (Å²) in [6.45, 7) is 3.31. The molecule has 0 aromatic carbocycles. The van der Waals surface area contributed by atoms with Crippen molar-refractivity contribution < 1.29 is 4.57 Å². The van der Waals surface area contributed by atoms with Gasteiger partial charge in [-0.05, 0) is 12.5 Å². The highest BCUT2D eigenvalue weighted by Gasteiger charge is 2.01. The topological polar surface area (TPSA) is 27.7 Å². The van der Waals surface area contributed by atoms with E-state index < -0.39 is 0 Å². The molecule has 0 aliphatic rings. The second-order valence-corrected chi connectivity index (χ2v) is 6.33. The van der Waals surface area contributed by atoms with Gasteiger partial charge in [0.15, 0.2) is 12.4 Å². The number of nitriles is 1. The number of unbranched alkanes of at least 4 members (excludes halogenated alkanes) is 11. The maximum atomic E-state index is 8.87. The number of nitrogens with zero attached hydrogens (tertiary/aromatic N) is 2. The van der Waals surface area contributed by atoms with E-state index in [0.29, 0.717) is 0 Å². The van der Waals surface area contributed by atoms with Crippen molar-refractivity contribution in [2.24, 2.45) is 0 Å². The van der Waals surface area contributed by atoms with Gasteiger partial charge in [-0.2, -0.15) is 5.26 Å². The zero-order valence-electron chi connectivity index (χ0n) is 14.4. The van der Waals surface area contributed by atoms with Crippen LogP contribution in [0.3, 0.4) is 0 Å². The van der Waals surface area contributed by atoms with Gasteiger partial charge in [0.1, 0.15) is 18.2 Å². The Bertz CT molecular complexity index is 420. The van der Waals surface area contributed by atoms with Crippen LogP contribution in [0.5, 0.6) is 0 Å². The molecule has 22 heavy (non-hydrogen) atoms. The zero-order chi connectivity index (χ0) is 15.9. The van der Waals surface area contributed by atoms with E-state index in [-0.39, 0.29) is 0 Å². The molecule has 0 aliphatic heterocycles. The summed E-state index contributed by atoms with van der Waals surface area (Å²) in [5.41, 5.74) is 0.751. The van der Waals surface area contributed by atoms with E-state index in [2.05, 4.69) is 23.8 Å². The monoisotopic (exact) mass is 301 g/mol. The molecule has 0 saturated carbocycles. The summed E-state index contributed by atoms with van der Waals surface area (Å²) in [7, 11) is 0. The number of pyridine rings is 1. The van der Waals surface area contributed by atoms with Crippen molar-refractivity contribution in [1.29, 1.82) is 5.26 Å².